The lowest BCUT2D eigenvalue weighted by atomic mass is 10.2. The van der Waals surface area contributed by atoms with Crippen LogP contribution in [0.1, 0.15) is 12.0 Å². The fourth-order valence-corrected chi connectivity index (χ4v) is 6.33. The summed E-state index contributed by atoms with van der Waals surface area (Å²) in [6.07, 6.45) is -0.407. The number of hydrogen-bond donors (Lipinski definition) is 1. The molecule has 1 fully saturated rings. The second-order valence-corrected chi connectivity index (χ2v) is 12.7. The van der Waals surface area contributed by atoms with Gasteiger partial charge in [0.05, 0.1) is 21.9 Å². The van der Waals surface area contributed by atoms with Gasteiger partial charge in [0.1, 0.15) is 6.04 Å². The van der Waals surface area contributed by atoms with Gasteiger partial charge in [0, 0.05) is 16.0 Å². The number of anilines is 1. The molecule has 36 heavy (non-hydrogen) atoms. The smallest absolute Gasteiger partial charge is 0.252 e. The molecule has 1 saturated heterocycles. The summed E-state index contributed by atoms with van der Waals surface area (Å²) in [5, 5.41) is 5.42. The minimum atomic E-state index is -4.25. The maximum Gasteiger partial charge on any atom is 0.252 e. The van der Waals surface area contributed by atoms with Gasteiger partial charge in [-0.05, 0) is 60.2 Å². The third-order valence-electron chi connectivity index (χ3n) is 5.60. The van der Waals surface area contributed by atoms with Crippen LogP contribution in [0.3, 0.4) is 0 Å². The van der Waals surface area contributed by atoms with E-state index in [9.17, 15) is 26.4 Å². The first-order chi connectivity index (χ1) is 16.9. The summed E-state index contributed by atoms with van der Waals surface area (Å²) in [6.45, 7) is -0.250. The molecule has 4 rings (SSSR count). The number of amides is 2. The zero-order valence-electron chi connectivity index (χ0n) is 18.4. The van der Waals surface area contributed by atoms with Crippen molar-refractivity contribution in [2.24, 2.45) is 5.14 Å². The molecule has 13 heteroatoms. The Morgan fingerprint density at radius 3 is 2.08 bits per heavy atom. The highest BCUT2D eigenvalue weighted by Gasteiger charge is 2.47. The fourth-order valence-electron chi connectivity index (χ4n) is 3.80. The van der Waals surface area contributed by atoms with Crippen LogP contribution in [0.25, 0.3) is 0 Å². The molecule has 9 nitrogen and oxygen atoms in total. The maximum absolute atomic E-state index is 13.7. The van der Waals surface area contributed by atoms with Crippen LogP contribution in [0.15, 0.2) is 87.1 Å². The van der Waals surface area contributed by atoms with Crippen LogP contribution in [-0.2, 0) is 36.2 Å². The lowest BCUT2D eigenvalue weighted by Crippen LogP contribution is -2.45. The van der Waals surface area contributed by atoms with Crippen LogP contribution in [0, 0.1) is 0 Å². The van der Waals surface area contributed by atoms with Crippen LogP contribution in [0.5, 0.6) is 0 Å². The highest BCUT2D eigenvalue weighted by molar-refractivity contribution is 9.10. The summed E-state index contributed by atoms with van der Waals surface area (Å²) in [5.41, 5.74) is 0.551. The summed E-state index contributed by atoms with van der Waals surface area (Å²) in [6, 6.07) is 16.0. The molecule has 0 saturated carbocycles. The predicted octanol–water partition coefficient (Wildman–Crippen LogP) is 3.27. The van der Waals surface area contributed by atoms with Gasteiger partial charge >= 0.3 is 0 Å². The van der Waals surface area contributed by atoms with E-state index in [1.165, 1.54) is 36.4 Å². The highest BCUT2D eigenvalue weighted by atomic mass is 79.9. The van der Waals surface area contributed by atoms with E-state index in [0.717, 1.165) is 9.21 Å². The molecule has 2 amide bonds. The number of carbonyl (C=O) groups is 2. The molecule has 0 bridgehead atoms. The Morgan fingerprint density at radius 1 is 0.917 bits per heavy atom. The molecule has 1 unspecified atom stereocenters. The van der Waals surface area contributed by atoms with Crippen molar-refractivity contribution >= 4 is 65.1 Å². The minimum absolute atomic E-state index is 0.0612. The molecule has 0 spiro atoms. The van der Waals surface area contributed by atoms with Crippen molar-refractivity contribution in [1.82, 2.24) is 4.31 Å². The molecular formula is C23H19BrClN3O6S2. The van der Waals surface area contributed by atoms with E-state index >= 15 is 0 Å². The van der Waals surface area contributed by atoms with E-state index in [1.54, 1.807) is 36.4 Å². The summed E-state index contributed by atoms with van der Waals surface area (Å²) >= 11 is 9.55. The number of hydrogen-bond acceptors (Lipinski definition) is 6. The molecule has 1 aliphatic rings. The molecule has 1 atom stereocenters. The number of sulfonamides is 2. The monoisotopic (exact) mass is 611 g/mol. The van der Waals surface area contributed by atoms with Crippen LogP contribution < -0.4 is 10.0 Å². The number of halogens is 2. The number of primary sulfonamides is 1. The second kappa shape index (κ2) is 10.0. The first-order valence-electron chi connectivity index (χ1n) is 10.4. The Kier molecular flexibility index (Phi) is 7.37. The number of carbonyl (C=O) groups excluding carboxylic acids is 2. The molecule has 3 aromatic carbocycles. The first kappa shape index (κ1) is 26.5. The van der Waals surface area contributed by atoms with Crippen molar-refractivity contribution in [2.45, 2.75) is 28.8 Å². The molecule has 3 aromatic rings. The van der Waals surface area contributed by atoms with Crippen molar-refractivity contribution in [3.8, 4) is 0 Å². The van der Waals surface area contributed by atoms with Gasteiger partial charge in [-0.25, -0.2) is 26.9 Å². The van der Waals surface area contributed by atoms with Crippen LogP contribution >= 0.6 is 27.5 Å². The Balaban J connectivity index is 1.75. The quantitative estimate of drug-likeness (QED) is 0.407. The van der Waals surface area contributed by atoms with Crippen molar-refractivity contribution < 1.29 is 26.4 Å². The third-order valence-corrected chi connectivity index (χ3v) is 9.29. The first-order valence-corrected chi connectivity index (χ1v) is 14.6. The third kappa shape index (κ3) is 5.24. The Hall–Kier alpha value is -2.61. The lowest BCUT2D eigenvalue weighted by molar-refractivity contribution is -0.122. The topological polar surface area (TPSA) is 135 Å². The molecule has 1 aliphatic heterocycles. The molecule has 1 heterocycles. The summed E-state index contributed by atoms with van der Waals surface area (Å²) < 4.78 is 52.1. The minimum Gasteiger partial charge on any atom is -0.274 e. The molecule has 2 N–H and O–H groups in total. The van der Waals surface area contributed by atoms with Gasteiger partial charge in [-0.3, -0.25) is 9.59 Å². The number of imide groups is 1. The second-order valence-electron chi connectivity index (χ2n) is 7.92. The molecular weight excluding hydrogens is 594 g/mol. The standard InChI is InChI=1S/C23H19BrClN3O6S2/c24-16-5-9-19(10-6-16)36(33,34)27(14-15-3-1-2-4-20(15)25)21-13-22(29)28(23(21)30)17-7-11-18(12-8-17)35(26,31)32/h1-12,21H,13-14H2,(H2,26,31,32). The van der Waals surface area contributed by atoms with Gasteiger partial charge in [-0.15, -0.1) is 0 Å². The van der Waals surface area contributed by atoms with Gasteiger partial charge in [-0.1, -0.05) is 45.7 Å². The van der Waals surface area contributed by atoms with E-state index in [0.29, 0.717) is 15.1 Å². The van der Waals surface area contributed by atoms with E-state index in [2.05, 4.69) is 15.9 Å². The molecule has 188 valence electrons. The highest BCUT2D eigenvalue weighted by Crippen LogP contribution is 2.32. The lowest BCUT2D eigenvalue weighted by Gasteiger charge is -2.27. The molecule has 0 aromatic heterocycles. The van der Waals surface area contributed by atoms with Crippen molar-refractivity contribution in [3.63, 3.8) is 0 Å². The summed E-state index contributed by atoms with van der Waals surface area (Å²) in [4.78, 5) is 27.0. The molecule has 0 radical (unpaired) electrons. The van der Waals surface area contributed by atoms with E-state index < -0.39 is 44.3 Å². The Labute approximate surface area is 221 Å². The zero-order valence-corrected chi connectivity index (χ0v) is 22.4. The fraction of sp³-hybridized carbons (Fsp3) is 0.130. The number of nitrogens with zero attached hydrogens (tertiary/aromatic N) is 2. The van der Waals surface area contributed by atoms with E-state index in [4.69, 9.17) is 16.7 Å². The van der Waals surface area contributed by atoms with Crippen LogP contribution in [0.2, 0.25) is 5.02 Å². The Bertz CT molecular complexity index is 1550. The number of nitrogens with two attached hydrogens (primary N) is 1. The largest absolute Gasteiger partial charge is 0.274 e. The van der Waals surface area contributed by atoms with Gasteiger partial charge in [0.15, 0.2) is 0 Å². The van der Waals surface area contributed by atoms with Crippen LogP contribution in [-0.4, -0.2) is 39.0 Å². The Morgan fingerprint density at radius 2 is 1.50 bits per heavy atom. The van der Waals surface area contributed by atoms with E-state index in [-0.39, 0.29) is 22.0 Å². The molecule has 0 aliphatic carbocycles. The predicted molar refractivity (Wildman–Crippen MR) is 137 cm³/mol. The van der Waals surface area contributed by atoms with Gasteiger partial charge < -0.3 is 0 Å². The van der Waals surface area contributed by atoms with Crippen LogP contribution in [0.4, 0.5) is 5.69 Å². The van der Waals surface area contributed by atoms with Gasteiger partial charge in [0.25, 0.3) is 5.91 Å². The SMILES string of the molecule is NS(=O)(=O)c1ccc(N2C(=O)CC(N(Cc3ccccc3Cl)S(=O)(=O)c3ccc(Br)cc3)C2=O)cc1. The number of benzene rings is 3. The average Bonchev–Trinajstić information content (AvgIpc) is 3.11. The van der Waals surface area contributed by atoms with Gasteiger partial charge in [-0.2, -0.15) is 4.31 Å². The zero-order chi connectivity index (χ0) is 26.3. The van der Waals surface area contributed by atoms with Gasteiger partial charge in [0.2, 0.25) is 26.0 Å². The van der Waals surface area contributed by atoms with Crippen molar-refractivity contribution in [3.05, 3.63) is 87.9 Å². The van der Waals surface area contributed by atoms with Crippen molar-refractivity contribution in [1.29, 1.82) is 0 Å². The maximum atomic E-state index is 13.7. The number of rotatable bonds is 7. The summed E-state index contributed by atoms with van der Waals surface area (Å²) in [7, 11) is -8.22. The summed E-state index contributed by atoms with van der Waals surface area (Å²) in [5.74, 6) is -1.40. The van der Waals surface area contributed by atoms with Crippen molar-refractivity contribution in [2.75, 3.05) is 4.90 Å². The average molecular weight is 613 g/mol. The van der Waals surface area contributed by atoms with E-state index in [1.807, 2.05) is 0 Å². The normalized spacial score (nSPS) is 16.7.